The number of methoxy groups -OCH3 is 1. The van der Waals surface area contributed by atoms with Gasteiger partial charge in [0.05, 0.1) is 12.7 Å². The van der Waals surface area contributed by atoms with E-state index < -0.39 is 24.4 Å². The molecule has 2 aromatic heterocycles. The number of nitrogens with zero attached hydrogens (tertiary/aromatic N) is 4. The number of hydrogen-bond acceptors (Lipinski definition) is 5. The summed E-state index contributed by atoms with van der Waals surface area (Å²) in [5.41, 5.74) is -0.476. The second-order valence-electron chi connectivity index (χ2n) is 5.37. The molecule has 1 aromatic carbocycles. The van der Waals surface area contributed by atoms with E-state index in [4.69, 9.17) is 4.74 Å². The number of benzene rings is 1. The first kappa shape index (κ1) is 17.8. The van der Waals surface area contributed by atoms with Crippen molar-refractivity contribution in [1.29, 1.82) is 0 Å². The van der Waals surface area contributed by atoms with Crippen LogP contribution in [0.15, 0.2) is 18.5 Å². The third kappa shape index (κ3) is 3.24. The second kappa shape index (κ2) is 6.39. The molecule has 0 saturated carbocycles. The fraction of sp³-hybridized carbons (Fsp3) is 0.267. The zero-order chi connectivity index (χ0) is 19.1. The quantitative estimate of drug-likeness (QED) is 0.711. The topological polar surface area (TPSA) is 64.3 Å². The normalized spacial score (nSPS) is 11.8. The maximum absolute atomic E-state index is 14.5. The van der Waals surface area contributed by atoms with Crippen LogP contribution in [0.5, 0.6) is 5.88 Å². The Hall–Kier alpha value is -2.98. The lowest BCUT2D eigenvalue weighted by molar-refractivity contribution is -0.115. The largest absolute Gasteiger partial charge is 0.480 e. The summed E-state index contributed by atoms with van der Waals surface area (Å²) < 4.78 is 72.6. The van der Waals surface area contributed by atoms with Crippen molar-refractivity contribution in [1.82, 2.24) is 19.6 Å². The van der Waals surface area contributed by atoms with E-state index in [1.807, 2.05) is 0 Å². The predicted molar refractivity (Wildman–Crippen MR) is 82.0 cm³/mol. The van der Waals surface area contributed by atoms with E-state index in [1.54, 1.807) is 0 Å². The summed E-state index contributed by atoms with van der Waals surface area (Å²) in [7, 11) is 1.20. The Morgan fingerprint density at radius 3 is 2.58 bits per heavy atom. The number of anilines is 1. The molecule has 0 fully saturated rings. The molecule has 0 bridgehead atoms. The van der Waals surface area contributed by atoms with Crippen LogP contribution < -0.4 is 10.1 Å². The lowest BCUT2D eigenvalue weighted by Gasteiger charge is -2.17. The lowest BCUT2D eigenvalue weighted by atomic mass is 10.0. The molecule has 3 aromatic rings. The van der Waals surface area contributed by atoms with Gasteiger partial charge in [-0.25, -0.2) is 8.78 Å². The minimum absolute atomic E-state index is 0.0461. The molecule has 0 atom stereocenters. The Morgan fingerprint density at radius 1 is 1.19 bits per heavy atom. The summed E-state index contributed by atoms with van der Waals surface area (Å²) in [4.78, 5) is 7.78. The highest BCUT2D eigenvalue weighted by atomic mass is 19.4. The Labute approximate surface area is 143 Å². The molecule has 2 heterocycles. The zero-order valence-electron chi connectivity index (χ0n) is 13.5. The molecule has 0 aliphatic heterocycles. The first-order valence-electron chi connectivity index (χ1n) is 7.25. The summed E-state index contributed by atoms with van der Waals surface area (Å²) in [6.45, 7) is -0.0702. The van der Waals surface area contributed by atoms with E-state index in [0.717, 1.165) is 23.0 Å². The maximum Gasteiger partial charge on any atom is 0.405 e. The Bertz CT molecular complexity index is 969. The zero-order valence-corrected chi connectivity index (χ0v) is 13.5. The van der Waals surface area contributed by atoms with Crippen molar-refractivity contribution in [2.24, 2.45) is 0 Å². The number of hydrogen-bond donors (Lipinski definition) is 1. The molecule has 6 nitrogen and oxygen atoms in total. The molecule has 0 saturated heterocycles. The van der Waals surface area contributed by atoms with E-state index >= 15 is 0 Å². The van der Waals surface area contributed by atoms with Gasteiger partial charge in [0.1, 0.15) is 30.3 Å². The average Bonchev–Trinajstić information content (AvgIpc) is 3.02. The highest BCUT2D eigenvalue weighted by Crippen LogP contribution is 2.38. The van der Waals surface area contributed by atoms with Crippen molar-refractivity contribution in [3.63, 3.8) is 0 Å². The van der Waals surface area contributed by atoms with Crippen LogP contribution in [0.25, 0.3) is 16.9 Å². The van der Waals surface area contributed by atoms with Gasteiger partial charge in [0.25, 0.3) is 5.78 Å². The first-order chi connectivity index (χ1) is 12.2. The molecule has 0 spiro atoms. The van der Waals surface area contributed by atoms with Gasteiger partial charge in [-0.2, -0.15) is 32.8 Å². The van der Waals surface area contributed by atoms with Gasteiger partial charge in [0.2, 0.25) is 5.88 Å². The minimum Gasteiger partial charge on any atom is -0.480 e. The fourth-order valence-corrected chi connectivity index (χ4v) is 2.40. The van der Waals surface area contributed by atoms with E-state index in [9.17, 15) is 22.0 Å². The summed E-state index contributed by atoms with van der Waals surface area (Å²) in [6.07, 6.45) is -3.49. The number of aromatic nitrogens is 4. The Morgan fingerprint density at radius 2 is 1.92 bits per heavy atom. The Kier molecular flexibility index (Phi) is 4.38. The lowest BCUT2D eigenvalue weighted by Crippen LogP contribution is -2.23. The van der Waals surface area contributed by atoms with Crippen molar-refractivity contribution >= 4 is 11.6 Å². The number of fused-ring (bicyclic) bond motifs is 1. The van der Waals surface area contributed by atoms with E-state index in [2.05, 4.69) is 20.4 Å². The molecule has 0 radical (unpaired) electrons. The molecular weight excluding hydrogens is 361 g/mol. The van der Waals surface area contributed by atoms with Crippen molar-refractivity contribution in [3.8, 4) is 17.0 Å². The summed E-state index contributed by atoms with van der Waals surface area (Å²) in [6, 6.07) is 1.80. The number of alkyl halides is 3. The van der Waals surface area contributed by atoms with Crippen LogP contribution in [0.4, 0.5) is 27.8 Å². The summed E-state index contributed by atoms with van der Waals surface area (Å²) in [5.74, 6) is -2.15. The van der Waals surface area contributed by atoms with Crippen molar-refractivity contribution < 1.29 is 26.7 Å². The van der Waals surface area contributed by atoms with Crippen molar-refractivity contribution in [2.75, 3.05) is 19.0 Å². The Balaban J connectivity index is 2.30. The monoisotopic (exact) mass is 373 g/mol. The number of nitrogens with one attached hydrogen (secondary N) is 1. The van der Waals surface area contributed by atoms with E-state index in [0.29, 0.717) is 0 Å². The molecule has 1 N–H and O–H groups in total. The highest BCUT2D eigenvalue weighted by molar-refractivity contribution is 5.81. The third-order valence-electron chi connectivity index (χ3n) is 3.56. The standard InChI is InChI=1S/C15H12F5N5O/c1-7-3-10(17)8(4-9(7)16)11-12(21-5-15(18,19)20)25-14(22-6-23-25)24-13(11)26-2/h3-4,6,21H,5H2,1-2H3. The van der Waals surface area contributed by atoms with Gasteiger partial charge in [-0.15, -0.1) is 0 Å². The van der Waals surface area contributed by atoms with Crippen LogP contribution >= 0.6 is 0 Å². The SMILES string of the molecule is COc1nc2ncnn2c(NCC(F)(F)F)c1-c1cc(F)c(C)cc1F. The van der Waals surface area contributed by atoms with Gasteiger partial charge in [0, 0.05) is 5.56 Å². The molecule has 11 heteroatoms. The van der Waals surface area contributed by atoms with E-state index in [1.165, 1.54) is 14.0 Å². The van der Waals surface area contributed by atoms with Gasteiger partial charge in [-0.3, -0.25) is 0 Å². The molecule has 138 valence electrons. The maximum atomic E-state index is 14.5. The smallest absolute Gasteiger partial charge is 0.405 e. The van der Waals surface area contributed by atoms with Gasteiger partial charge >= 0.3 is 6.18 Å². The molecule has 26 heavy (non-hydrogen) atoms. The minimum atomic E-state index is -4.56. The van der Waals surface area contributed by atoms with Gasteiger partial charge in [-0.05, 0) is 24.6 Å². The van der Waals surface area contributed by atoms with Gasteiger partial charge in [0.15, 0.2) is 0 Å². The van der Waals surface area contributed by atoms with Crippen LogP contribution in [0, 0.1) is 18.6 Å². The van der Waals surface area contributed by atoms with Gasteiger partial charge < -0.3 is 10.1 Å². The summed E-state index contributed by atoms with van der Waals surface area (Å²) >= 11 is 0. The van der Waals surface area contributed by atoms with Crippen LogP contribution in [0.2, 0.25) is 0 Å². The first-order valence-corrected chi connectivity index (χ1v) is 7.25. The second-order valence-corrected chi connectivity index (χ2v) is 5.37. The van der Waals surface area contributed by atoms with Crippen LogP contribution in [0.3, 0.4) is 0 Å². The molecule has 0 unspecified atom stereocenters. The number of ether oxygens (including phenoxy) is 1. The molecule has 0 aliphatic carbocycles. The fourth-order valence-electron chi connectivity index (χ4n) is 2.40. The number of halogens is 5. The van der Waals surface area contributed by atoms with E-state index in [-0.39, 0.29) is 34.2 Å². The van der Waals surface area contributed by atoms with Crippen LogP contribution in [-0.4, -0.2) is 39.4 Å². The average molecular weight is 373 g/mol. The van der Waals surface area contributed by atoms with Crippen LogP contribution in [-0.2, 0) is 0 Å². The van der Waals surface area contributed by atoms with Crippen molar-refractivity contribution in [3.05, 3.63) is 35.7 Å². The van der Waals surface area contributed by atoms with Crippen LogP contribution in [0.1, 0.15) is 5.56 Å². The number of aryl methyl sites for hydroxylation is 1. The molecule has 0 amide bonds. The molecule has 0 aliphatic rings. The molecular formula is C15H12F5N5O. The van der Waals surface area contributed by atoms with Crippen molar-refractivity contribution in [2.45, 2.75) is 13.1 Å². The highest BCUT2D eigenvalue weighted by Gasteiger charge is 2.30. The number of rotatable bonds is 4. The van der Waals surface area contributed by atoms with Gasteiger partial charge in [-0.1, -0.05) is 0 Å². The summed E-state index contributed by atoms with van der Waals surface area (Å²) in [5, 5.41) is 5.94. The molecule has 3 rings (SSSR count). The predicted octanol–water partition coefficient (Wildman–Crippen LogP) is 3.36. The third-order valence-corrected chi connectivity index (χ3v) is 3.56.